The van der Waals surface area contributed by atoms with Gasteiger partial charge in [0.25, 0.3) is 0 Å². The smallest absolute Gasteiger partial charge is 0.175 e. The summed E-state index contributed by atoms with van der Waals surface area (Å²) in [5, 5.41) is 4.03. The van der Waals surface area contributed by atoms with Gasteiger partial charge < -0.3 is 0 Å². The third-order valence-corrected chi connectivity index (χ3v) is 1.38. The molecule has 0 aromatic carbocycles. The molecule has 2 rings (SSSR count). The van der Waals surface area contributed by atoms with Gasteiger partial charge in [0.1, 0.15) is 6.34 Å². The maximum atomic E-state index is 4.05. The molecule has 0 amide bonds. The Balaban J connectivity index is 2.35. The van der Waals surface area contributed by atoms with E-state index in [9.17, 15) is 0 Å². The lowest BCUT2D eigenvalue weighted by molar-refractivity contribution is 0.902. The van der Waals surface area contributed by atoms with Gasteiger partial charge in [0.05, 0.1) is 5.70 Å². The summed E-state index contributed by atoms with van der Waals surface area (Å²) in [4.78, 5) is 8.00. The zero-order chi connectivity index (χ0) is 6.10. The third kappa shape index (κ3) is 0.650. The number of aliphatic imine (C=N–C) groups is 2. The zero-order valence-corrected chi connectivity index (χ0v) is 4.91. The molecule has 2 aliphatic rings. The van der Waals surface area contributed by atoms with Crippen molar-refractivity contribution < 1.29 is 0 Å². The molecular weight excluding hydrogens is 114 g/mol. The van der Waals surface area contributed by atoms with Crippen molar-refractivity contribution in [3.05, 3.63) is 11.5 Å². The molecule has 2 aliphatic heterocycles. The van der Waals surface area contributed by atoms with Crippen LogP contribution in [0, 0.1) is 0 Å². The molecule has 3 nitrogen and oxygen atoms in total. The van der Waals surface area contributed by atoms with Crippen molar-refractivity contribution >= 4 is 12.6 Å². The number of hydrogen-bond donors (Lipinski definition) is 0. The van der Waals surface area contributed by atoms with Crippen LogP contribution < -0.4 is 5.32 Å². The van der Waals surface area contributed by atoms with E-state index < -0.39 is 0 Å². The van der Waals surface area contributed by atoms with Crippen molar-refractivity contribution in [1.29, 1.82) is 0 Å². The number of nitrogens with zero attached hydrogens (tertiary/aromatic N) is 3. The first-order chi connectivity index (χ1) is 4.47. The number of rotatable bonds is 0. The van der Waals surface area contributed by atoms with Gasteiger partial charge in [-0.05, 0) is 12.8 Å². The Bertz CT molecular complexity index is 212. The Kier molecular flexibility index (Phi) is 0.886. The predicted molar refractivity (Wildman–Crippen MR) is 35.4 cm³/mol. The van der Waals surface area contributed by atoms with Gasteiger partial charge in [0.2, 0.25) is 0 Å². The van der Waals surface area contributed by atoms with Gasteiger partial charge >= 0.3 is 0 Å². The van der Waals surface area contributed by atoms with Gasteiger partial charge in [-0.2, -0.15) is 0 Å². The van der Waals surface area contributed by atoms with Crippen LogP contribution in [0.15, 0.2) is 21.5 Å². The molecule has 0 bridgehead atoms. The molecule has 0 saturated carbocycles. The average Bonchev–Trinajstić information content (AvgIpc) is 2.33. The fourth-order valence-corrected chi connectivity index (χ4v) is 0.922. The highest BCUT2D eigenvalue weighted by Gasteiger charge is 2.12. The lowest BCUT2D eigenvalue weighted by Crippen LogP contribution is -2.00. The fourth-order valence-electron chi connectivity index (χ4n) is 0.922. The van der Waals surface area contributed by atoms with Crippen LogP contribution in [0.3, 0.4) is 0 Å². The second-order valence-electron chi connectivity index (χ2n) is 1.99. The van der Waals surface area contributed by atoms with Crippen LogP contribution in [0.1, 0.15) is 12.8 Å². The van der Waals surface area contributed by atoms with E-state index >= 15 is 0 Å². The molecule has 9 heavy (non-hydrogen) atoms. The molecule has 0 aromatic rings. The quantitative estimate of drug-likeness (QED) is 0.450. The molecule has 0 saturated heterocycles. The summed E-state index contributed by atoms with van der Waals surface area (Å²) >= 11 is 0. The standard InChI is InChI=1S/C6H6N3/c1-2-5-6(7-3-1)9-4-8-5/h3-4H,1-2H2. The van der Waals surface area contributed by atoms with E-state index in [1.165, 1.54) is 0 Å². The fraction of sp³-hybridized carbons (Fsp3) is 0.333. The van der Waals surface area contributed by atoms with E-state index in [2.05, 4.69) is 15.3 Å². The first kappa shape index (κ1) is 4.73. The summed E-state index contributed by atoms with van der Waals surface area (Å²) < 4.78 is 0. The summed E-state index contributed by atoms with van der Waals surface area (Å²) in [6.07, 6.45) is 5.45. The minimum Gasteiger partial charge on any atom is -0.240 e. The molecular formula is C6H6N3. The molecule has 0 N–H and O–H groups in total. The first-order valence-electron chi connectivity index (χ1n) is 2.96. The van der Waals surface area contributed by atoms with E-state index in [1.807, 2.05) is 6.21 Å². The van der Waals surface area contributed by atoms with Gasteiger partial charge in [0, 0.05) is 6.21 Å². The number of allylic oxidation sites excluding steroid dienone is 1. The average molecular weight is 120 g/mol. The maximum Gasteiger partial charge on any atom is 0.175 e. The second-order valence-corrected chi connectivity index (χ2v) is 1.99. The van der Waals surface area contributed by atoms with Crippen molar-refractivity contribution in [3.8, 4) is 0 Å². The van der Waals surface area contributed by atoms with Crippen molar-refractivity contribution in [3.63, 3.8) is 0 Å². The van der Waals surface area contributed by atoms with E-state index in [4.69, 9.17) is 0 Å². The lowest BCUT2D eigenvalue weighted by atomic mass is 10.2. The van der Waals surface area contributed by atoms with Crippen molar-refractivity contribution in [1.82, 2.24) is 5.32 Å². The molecule has 3 heteroatoms. The predicted octanol–water partition coefficient (Wildman–Crippen LogP) is 0.666. The van der Waals surface area contributed by atoms with Crippen LogP contribution in [-0.4, -0.2) is 12.6 Å². The van der Waals surface area contributed by atoms with Gasteiger partial charge in [-0.3, -0.25) is 0 Å². The third-order valence-electron chi connectivity index (χ3n) is 1.38. The molecule has 1 radical (unpaired) electrons. The van der Waals surface area contributed by atoms with Crippen LogP contribution in [0.25, 0.3) is 0 Å². The Labute approximate surface area is 53.2 Å². The van der Waals surface area contributed by atoms with Gasteiger partial charge in [-0.15, -0.1) is 0 Å². The Hall–Kier alpha value is -1.12. The molecule has 0 fully saturated rings. The first-order valence-corrected chi connectivity index (χ1v) is 2.96. The summed E-state index contributed by atoms with van der Waals surface area (Å²) in [6, 6.07) is 0. The molecule has 2 heterocycles. The monoisotopic (exact) mass is 120 g/mol. The van der Waals surface area contributed by atoms with E-state index in [0.29, 0.717) is 0 Å². The summed E-state index contributed by atoms with van der Waals surface area (Å²) in [5.74, 6) is 0.807. The summed E-state index contributed by atoms with van der Waals surface area (Å²) in [6.45, 7) is 0. The highest BCUT2D eigenvalue weighted by atomic mass is 15.1. The maximum absolute atomic E-state index is 4.05. The van der Waals surface area contributed by atoms with Gasteiger partial charge in [-0.25, -0.2) is 15.3 Å². The minimum atomic E-state index is 0.807. The molecule has 0 spiro atoms. The van der Waals surface area contributed by atoms with Crippen LogP contribution in [0.2, 0.25) is 0 Å². The largest absolute Gasteiger partial charge is 0.240 e. The molecule has 0 unspecified atom stereocenters. The Morgan fingerprint density at radius 2 is 2.33 bits per heavy atom. The Morgan fingerprint density at radius 3 is 3.22 bits per heavy atom. The van der Waals surface area contributed by atoms with Gasteiger partial charge in [-0.1, -0.05) is 0 Å². The zero-order valence-electron chi connectivity index (χ0n) is 4.91. The van der Waals surface area contributed by atoms with Crippen LogP contribution in [-0.2, 0) is 0 Å². The highest BCUT2D eigenvalue weighted by Crippen LogP contribution is 2.18. The highest BCUT2D eigenvalue weighted by molar-refractivity contribution is 5.69. The second kappa shape index (κ2) is 1.69. The van der Waals surface area contributed by atoms with Crippen LogP contribution >= 0.6 is 0 Å². The molecule has 0 aliphatic carbocycles. The number of hydrogen-bond acceptors (Lipinski definition) is 2. The van der Waals surface area contributed by atoms with E-state index in [0.717, 1.165) is 24.4 Å². The van der Waals surface area contributed by atoms with Crippen LogP contribution in [0.5, 0.6) is 0 Å². The molecule has 0 atom stereocenters. The molecule has 0 aromatic heterocycles. The summed E-state index contributed by atoms with van der Waals surface area (Å²) in [7, 11) is 0. The van der Waals surface area contributed by atoms with Crippen molar-refractivity contribution in [2.24, 2.45) is 9.98 Å². The Morgan fingerprint density at radius 1 is 1.33 bits per heavy atom. The van der Waals surface area contributed by atoms with Crippen molar-refractivity contribution in [2.45, 2.75) is 12.8 Å². The topological polar surface area (TPSA) is 38.8 Å². The van der Waals surface area contributed by atoms with E-state index in [-0.39, 0.29) is 0 Å². The van der Waals surface area contributed by atoms with E-state index in [1.54, 1.807) is 6.34 Å². The van der Waals surface area contributed by atoms with Crippen molar-refractivity contribution in [2.75, 3.05) is 0 Å². The lowest BCUT2D eigenvalue weighted by Gasteiger charge is -2.02. The minimum absolute atomic E-state index is 0.807. The SMILES string of the molecule is C1=NC2=C(CC1)[N]C=N2. The normalized spacial score (nSPS) is 22.2. The van der Waals surface area contributed by atoms with Gasteiger partial charge in [0.15, 0.2) is 5.82 Å². The van der Waals surface area contributed by atoms with Crippen LogP contribution in [0.4, 0.5) is 0 Å². The molecule has 45 valence electrons. The summed E-state index contributed by atoms with van der Waals surface area (Å²) in [5.41, 5.74) is 1.04.